The van der Waals surface area contributed by atoms with Crippen LogP contribution < -0.4 is 25.4 Å². The Balaban J connectivity index is 1.25. The molecular weight excluding hydrogens is 812 g/mol. The van der Waals surface area contributed by atoms with Crippen LogP contribution in [0.1, 0.15) is 74.0 Å². The number of carbonyl (C=O) groups excluding carboxylic acids is 1. The Kier molecular flexibility index (Phi) is 13.2. The average molecular weight is 862 g/mol. The maximum absolute atomic E-state index is 13.9. The predicted molar refractivity (Wildman–Crippen MR) is 217 cm³/mol. The summed E-state index contributed by atoms with van der Waals surface area (Å²) >= 11 is 0. The van der Waals surface area contributed by atoms with E-state index in [2.05, 4.69) is 20.3 Å². The van der Waals surface area contributed by atoms with E-state index < -0.39 is 49.5 Å². The van der Waals surface area contributed by atoms with Crippen molar-refractivity contribution >= 4 is 31.9 Å². The SMILES string of the molecule is Cc1ccc(-c2cc(C(F)(F)F)nn2-c2ccc(S(=O)(=O)NC(=O)[C@@H](N)CCCN=C(NOCC(C)C)NS(=O)(=O)c3c(C)c(C)c4c(c3C)CC(C)(C)O4)cc2)cc1. The van der Waals surface area contributed by atoms with Gasteiger partial charge in [0.25, 0.3) is 26.0 Å². The highest BCUT2D eigenvalue weighted by molar-refractivity contribution is 7.90. The van der Waals surface area contributed by atoms with Crippen LogP contribution in [0.3, 0.4) is 0 Å². The van der Waals surface area contributed by atoms with E-state index in [0.29, 0.717) is 28.9 Å². The number of halogens is 3. The number of hydrogen-bond acceptors (Lipinski definition) is 10. The second kappa shape index (κ2) is 17.3. The van der Waals surface area contributed by atoms with Crippen molar-refractivity contribution in [3.8, 4) is 22.7 Å². The van der Waals surface area contributed by atoms with Crippen LogP contribution in [0.4, 0.5) is 13.2 Å². The van der Waals surface area contributed by atoms with Crippen molar-refractivity contribution in [2.45, 2.75) is 102 Å². The fraction of sp³-hybridized carbons (Fsp3) is 0.425. The molecule has 320 valence electrons. The van der Waals surface area contributed by atoms with Gasteiger partial charge < -0.3 is 10.5 Å². The van der Waals surface area contributed by atoms with Crippen LogP contribution in [0.5, 0.6) is 5.75 Å². The molecule has 0 saturated heterocycles. The number of amides is 1. The Hall–Kier alpha value is -4.98. The summed E-state index contributed by atoms with van der Waals surface area (Å²) in [4.78, 5) is 22.5. The average Bonchev–Trinajstić information content (AvgIpc) is 3.74. The molecule has 4 aromatic rings. The molecule has 59 heavy (non-hydrogen) atoms. The number of ether oxygens (including phenoxy) is 1. The molecule has 0 spiro atoms. The van der Waals surface area contributed by atoms with Crippen LogP contribution in [0.15, 0.2) is 69.4 Å². The van der Waals surface area contributed by atoms with Gasteiger partial charge in [0.15, 0.2) is 5.69 Å². The smallest absolute Gasteiger partial charge is 0.435 e. The molecule has 1 aromatic heterocycles. The first-order chi connectivity index (χ1) is 27.4. The van der Waals surface area contributed by atoms with E-state index in [1.54, 1.807) is 38.1 Å². The number of sulfonamides is 2. The zero-order chi connectivity index (χ0) is 43.7. The third-order valence-corrected chi connectivity index (χ3v) is 12.6. The highest BCUT2D eigenvalue weighted by atomic mass is 32.2. The van der Waals surface area contributed by atoms with Crippen LogP contribution in [0, 0.1) is 33.6 Å². The Morgan fingerprint density at radius 2 is 1.61 bits per heavy atom. The molecule has 0 bridgehead atoms. The summed E-state index contributed by atoms with van der Waals surface area (Å²) in [5, 5.41) is 3.74. The molecule has 1 amide bonds. The van der Waals surface area contributed by atoms with Gasteiger partial charge in [-0.2, -0.15) is 18.3 Å². The molecule has 5 rings (SSSR count). The number of fused-ring (bicyclic) bond motifs is 1. The second-order valence-electron chi connectivity index (χ2n) is 15.6. The van der Waals surface area contributed by atoms with Gasteiger partial charge in [-0.1, -0.05) is 43.7 Å². The number of guanidine groups is 1. The Morgan fingerprint density at radius 3 is 2.22 bits per heavy atom. The van der Waals surface area contributed by atoms with E-state index in [1.807, 2.05) is 46.3 Å². The molecule has 0 radical (unpaired) electrons. The fourth-order valence-corrected chi connectivity index (χ4v) is 9.07. The summed E-state index contributed by atoms with van der Waals surface area (Å²) < 4.78 is 107. The first-order valence-electron chi connectivity index (χ1n) is 18.8. The molecular formula is C40H50F3N7O7S2. The summed E-state index contributed by atoms with van der Waals surface area (Å²) in [5.74, 6) is -0.408. The largest absolute Gasteiger partial charge is 0.487 e. The maximum atomic E-state index is 13.9. The molecule has 0 saturated carbocycles. The molecule has 1 atom stereocenters. The number of nitrogens with one attached hydrogen (secondary N) is 3. The van der Waals surface area contributed by atoms with Gasteiger partial charge in [0.05, 0.1) is 33.8 Å². The molecule has 1 aliphatic heterocycles. The van der Waals surface area contributed by atoms with Gasteiger partial charge in [-0.3, -0.25) is 14.6 Å². The van der Waals surface area contributed by atoms with Crippen LogP contribution in [-0.4, -0.2) is 63.3 Å². The monoisotopic (exact) mass is 861 g/mol. The Labute approximate surface area is 342 Å². The topological polar surface area (TPSA) is 196 Å². The second-order valence-corrected chi connectivity index (χ2v) is 18.9. The van der Waals surface area contributed by atoms with E-state index >= 15 is 0 Å². The standard InChI is InChI=1S/C40H50F3N7O7S2/c1-23(2)22-56-47-38(49-59(54,55)36-26(5)25(4)35-31(27(36)6)21-39(7,8)57-35)45-19-9-10-32(44)37(51)48-58(52,53)30-17-15-29(16-18-30)50-33(20-34(46-50)40(41,42)43)28-13-11-24(3)12-14-28/h11-18,20,23,32H,9-10,19,21-22,44H2,1-8H3,(H,48,51)(H2,45,47,49)/t32-/m0/s1. The number of nitrogens with two attached hydrogens (primary N) is 1. The summed E-state index contributed by atoms with van der Waals surface area (Å²) in [6.07, 6.45) is -4.07. The lowest BCUT2D eigenvalue weighted by atomic mass is 9.94. The third kappa shape index (κ3) is 10.6. The molecule has 19 heteroatoms. The highest BCUT2D eigenvalue weighted by Crippen LogP contribution is 2.43. The van der Waals surface area contributed by atoms with Gasteiger partial charge in [-0.25, -0.2) is 36.4 Å². The number of rotatable bonds is 14. The lowest BCUT2D eigenvalue weighted by Crippen LogP contribution is -2.43. The minimum absolute atomic E-state index is 0.0254. The Bertz CT molecular complexity index is 2450. The predicted octanol–water partition coefficient (Wildman–Crippen LogP) is 5.93. The summed E-state index contributed by atoms with van der Waals surface area (Å²) in [5.41, 5.74) is 11.3. The molecule has 14 nitrogen and oxygen atoms in total. The van der Waals surface area contributed by atoms with Gasteiger partial charge in [0.2, 0.25) is 5.96 Å². The number of carbonyl (C=O) groups is 1. The number of aliphatic imine (C=N–C) groups is 1. The minimum atomic E-state index is -4.73. The first-order valence-corrected chi connectivity index (χ1v) is 21.8. The van der Waals surface area contributed by atoms with E-state index in [-0.39, 0.29) is 59.0 Å². The number of alkyl halides is 3. The van der Waals surface area contributed by atoms with Crippen LogP contribution in [0.2, 0.25) is 0 Å². The van der Waals surface area contributed by atoms with Crippen molar-refractivity contribution in [3.63, 3.8) is 0 Å². The number of nitrogens with zero attached hydrogens (tertiary/aromatic N) is 3. The number of aromatic nitrogens is 2. The van der Waals surface area contributed by atoms with Gasteiger partial charge in [-0.15, -0.1) is 0 Å². The minimum Gasteiger partial charge on any atom is -0.487 e. The van der Waals surface area contributed by atoms with E-state index in [0.717, 1.165) is 39.6 Å². The van der Waals surface area contributed by atoms with Crippen molar-refractivity contribution in [3.05, 3.63) is 88.1 Å². The molecule has 0 fully saturated rings. The molecule has 0 aliphatic carbocycles. The number of hydroxylamine groups is 1. The molecule has 5 N–H and O–H groups in total. The summed E-state index contributed by atoms with van der Waals surface area (Å²) in [7, 11) is -8.64. The van der Waals surface area contributed by atoms with Crippen molar-refractivity contribution in [1.29, 1.82) is 0 Å². The third-order valence-electron chi connectivity index (χ3n) is 9.63. The number of benzene rings is 3. The fourth-order valence-electron chi connectivity index (χ4n) is 6.50. The van der Waals surface area contributed by atoms with Gasteiger partial charge in [-0.05, 0) is 107 Å². The van der Waals surface area contributed by atoms with Gasteiger partial charge in [0, 0.05) is 24.1 Å². The maximum Gasteiger partial charge on any atom is 0.435 e. The van der Waals surface area contributed by atoms with Crippen molar-refractivity contribution in [2.24, 2.45) is 16.6 Å². The van der Waals surface area contributed by atoms with E-state index in [9.17, 15) is 34.8 Å². The van der Waals surface area contributed by atoms with Crippen LogP contribution in [0.25, 0.3) is 16.9 Å². The van der Waals surface area contributed by atoms with Gasteiger partial charge in [0.1, 0.15) is 11.4 Å². The van der Waals surface area contributed by atoms with E-state index in [4.69, 9.17) is 15.3 Å². The van der Waals surface area contributed by atoms with Crippen molar-refractivity contribution < 1.29 is 44.4 Å². The van der Waals surface area contributed by atoms with E-state index in [1.165, 1.54) is 12.1 Å². The van der Waals surface area contributed by atoms with Crippen LogP contribution >= 0.6 is 0 Å². The summed E-state index contributed by atoms with van der Waals surface area (Å²) in [6, 6.07) is 11.2. The normalized spacial score (nSPS) is 14.8. The summed E-state index contributed by atoms with van der Waals surface area (Å²) in [6.45, 7) is 15.0. The quantitative estimate of drug-likeness (QED) is 0.0511. The number of aryl methyl sites for hydroxylation is 1. The van der Waals surface area contributed by atoms with Gasteiger partial charge >= 0.3 is 6.18 Å². The molecule has 0 unspecified atom stereocenters. The molecule has 3 aromatic carbocycles. The van der Waals surface area contributed by atoms with Crippen LogP contribution in [-0.2, 0) is 42.3 Å². The zero-order valence-electron chi connectivity index (χ0n) is 34.1. The lowest BCUT2D eigenvalue weighted by molar-refractivity contribution is -0.141. The Morgan fingerprint density at radius 1 is 0.966 bits per heavy atom. The van der Waals surface area contributed by atoms with Crippen molar-refractivity contribution in [2.75, 3.05) is 13.2 Å². The zero-order valence-corrected chi connectivity index (χ0v) is 35.7. The highest BCUT2D eigenvalue weighted by Gasteiger charge is 2.37. The lowest BCUT2D eigenvalue weighted by Gasteiger charge is -2.20. The van der Waals surface area contributed by atoms with Crippen molar-refractivity contribution in [1.82, 2.24) is 24.7 Å². The first kappa shape index (κ1) is 45.1. The molecule has 1 aliphatic rings. The molecule has 2 heterocycles. The number of hydrogen-bond donors (Lipinski definition) is 4.